The van der Waals surface area contributed by atoms with E-state index in [9.17, 15) is 40.3 Å². The van der Waals surface area contributed by atoms with Crippen LogP contribution in [0, 0.1) is 22.7 Å². The maximum absolute atomic E-state index is 13.7. The summed E-state index contributed by atoms with van der Waals surface area (Å²) in [5.41, 5.74) is 2.40. The highest BCUT2D eigenvalue weighted by atomic mass is 19.4. The van der Waals surface area contributed by atoms with Crippen LogP contribution in [0.2, 0.25) is 0 Å². The molecule has 0 saturated carbocycles. The van der Waals surface area contributed by atoms with E-state index in [1.165, 1.54) is 17.2 Å². The molecule has 0 spiro atoms. The van der Waals surface area contributed by atoms with Crippen molar-refractivity contribution in [1.82, 2.24) is 0 Å². The van der Waals surface area contributed by atoms with Crippen molar-refractivity contribution in [3.8, 4) is 0 Å². The van der Waals surface area contributed by atoms with Gasteiger partial charge in [0.15, 0.2) is 0 Å². The Balaban J connectivity index is 1.58. The van der Waals surface area contributed by atoms with Gasteiger partial charge < -0.3 is 4.74 Å². The molecule has 0 aromatic rings. The highest BCUT2D eigenvalue weighted by Gasteiger charge is 2.77. The van der Waals surface area contributed by atoms with Crippen molar-refractivity contribution < 1.29 is 45.1 Å². The molecule has 0 amide bonds. The second-order valence-corrected chi connectivity index (χ2v) is 10.6. The first-order valence-corrected chi connectivity index (χ1v) is 11.7. The fraction of sp³-hybridized carbons (Fsp3) is 0.680. The smallest absolute Gasteiger partial charge is 0.426 e. The van der Waals surface area contributed by atoms with E-state index < -0.39 is 34.8 Å². The summed E-state index contributed by atoms with van der Waals surface area (Å²) in [5, 5.41) is 0. The predicted octanol–water partition coefficient (Wildman–Crippen LogP) is 7.09. The molecule has 0 aliphatic heterocycles. The van der Waals surface area contributed by atoms with Gasteiger partial charge in [-0.25, -0.2) is 4.79 Å². The quantitative estimate of drug-likeness (QED) is 0.231. The zero-order chi connectivity index (χ0) is 26.2. The summed E-state index contributed by atoms with van der Waals surface area (Å²) in [6, 6.07) is 0. The van der Waals surface area contributed by atoms with Crippen molar-refractivity contribution in [2.24, 2.45) is 22.7 Å². The van der Waals surface area contributed by atoms with Gasteiger partial charge in [0.1, 0.15) is 11.5 Å². The molecule has 4 rings (SSSR count). The van der Waals surface area contributed by atoms with E-state index >= 15 is 0 Å². The molecule has 0 bridgehead atoms. The van der Waals surface area contributed by atoms with Crippen LogP contribution in [0.5, 0.6) is 0 Å². The van der Waals surface area contributed by atoms with Crippen LogP contribution < -0.4 is 0 Å². The second kappa shape index (κ2) is 7.93. The SMILES string of the molecule is CC(=O)[C@@]1(C)CCC2=C1CC[C@H]1[C@H]2CC=C2C=C(OC(=O)C(F)(F)C(F)(F)C(F)(F)F)CC[C@@]21C. The lowest BCUT2D eigenvalue weighted by Crippen LogP contribution is -2.56. The third-order valence-corrected chi connectivity index (χ3v) is 8.87. The Morgan fingerprint density at radius 1 is 1.00 bits per heavy atom. The molecule has 4 aliphatic carbocycles. The lowest BCUT2D eigenvalue weighted by molar-refractivity contribution is -0.347. The number of carbonyl (C=O) groups excluding carboxylic acids is 2. The molecule has 0 heterocycles. The molecule has 3 nitrogen and oxygen atoms in total. The normalized spacial score (nSPS) is 33.3. The van der Waals surface area contributed by atoms with Crippen molar-refractivity contribution >= 4 is 11.8 Å². The Kier molecular flexibility index (Phi) is 5.88. The molecule has 0 aromatic heterocycles. The number of carbonyl (C=O) groups is 2. The number of hydrogen-bond acceptors (Lipinski definition) is 3. The molecular weight excluding hydrogens is 481 g/mol. The Labute approximate surface area is 198 Å². The van der Waals surface area contributed by atoms with Crippen LogP contribution in [-0.4, -0.2) is 29.8 Å². The van der Waals surface area contributed by atoms with Crippen LogP contribution in [0.1, 0.15) is 65.7 Å². The third-order valence-electron chi connectivity index (χ3n) is 8.87. The third kappa shape index (κ3) is 3.68. The highest BCUT2D eigenvalue weighted by molar-refractivity contribution is 5.86. The van der Waals surface area contributed by atoms with E-state index in [0.29, 0.717) is 18.4 Å². The number of fused-ring (bicyclic) bond motifs is 4. The maximum atomic E-state index is 13.7. The van der Waals surface area contributed by atoms with Gasteiger partial charge in [-0.3, -0.25) is 4.79 Å². The van der Waals surface area contributed by atoms with Crippen molar-refractivity contribution in [2.75, 3.05) is 0 Å². The predicted molar refractivity (Wildman–Crippen MR) is 111 cm³/mol. The van der Waals surface area contributed by atoms with Gasteiger partial charge in [-0.1, -0.05) is 24.1 Å². The lowest BCUT2D eigenvalue weighted by atomic mass is 9.53. The van der Waals surface area contributed by atoms with E-state index in [1.54, 1.807) is 6.92 Å². The van der Waals surface area contributed by atoms with Crippen LogP contribution in [0.15, 0.2) is 34.6 Å². The molecule has 0 fully saturated rings. The Morgan fingerprint density at radius 3 is 2.26 bits per heavy atom. The molecule has 194 valence electrons. The lowest BCUT2D eigenvalue weighted by Gasteiger charge is -2.51. The molecule has 4 aliphatic rings. The Bertz CT molecular complexity index is 1050. The first-order valence-electron chi connectivity index (χ1n) is 11.7. The molecule has 0 N–H and O–H groups in total. The summed E-state index contributed by atoms with van der Waals surface area (Å²) in [7, 11) is 0. The largest absolute Gasteiger partial charge is 0.460 e. The summed E-state index contributed by atoms with van der Waals surface area (Å²) in [6.45, 7) is 5.62. The van der Waals surface area contributed by atoms with Crippen LogP contribution in [-0.2, 0) is 14.3 Å². The second-order valence-electron chi connectivity index (χ2n) is 10.6. The first-order chi connectivity index (χ1) is 16.0. The average molecular weight is 508 g/mol. The molecule has 0 saturated heterocycles. The summed E-state index contributed by atoms with van der Waals surface area (Å²) in [5.74, 6) is -15.3. The van der Waals surface area contributed by atoms with Gasteiger partial charge in [0.05, 0.1) is 0 Å². The number of allylic oxidation sites excluding steroid dienone is 6. The number of Topliss-reactive ketones (excluding diaryl/α,β-unsaturated/α-hetero) is 1. The van der Waals surface area contributed by atoms with Crippen molar-refractivity contribution in [3.63, 3.8) is 0 Å². The molecule has 0 unspecified atom stereocenters. The number of ether oxygens (including phenoxy) is 1. The van der Waals surface area contributed by atoms with E-state index in [-0.39, 0.29) is 29.8 Å². The number of ketones is 1. The number of esters is 1. The minimum Gasteiger partial charge on any atom is -0.426 e. The minimum absolute atomic E-state index is 0.0481. The van der Waals surface area contributed by atoms with Crippen molar-refractivity contribution in [3.05, 3.63) is 34.6 Å². The van der Waals surface area contributed by atoms with Crippen molar-refractivity contribution in [1.29, 1.82) is 0 Å². The van der Waals surface area contributed by atoms with Gasteiger partial charge in [-0.2, -0.15) is 30.7 Å². The van der Waals surface area contributed by atoms with Gasteiger partial charge in [-0.15, -0.1) is 0 Å². The molecule has 0 radical (unpaired) electrons. The van der Waals surface area contributed by atoms with Gasteiger partial charge in [-0.05, 0) is 81.3 Å². The summed E-state index contributed by atoms with van der Waals surface area (Å²) < 4.78 is 95.4. The van der Waals surface area contributed by atoms with Crippen LogP contribution in [0.3, 0.4) is 0 Å². The Morgan fingerprint density at radius 2 is 1.66 bits per heavy atom. The first kappa shape index (κ1) is 25.9. The minimum atomic E-state index is -6.61. The molecular formula is C25H27F7O3. The standard InChI is InChI=1S/C25H27F7O3/c1-13(33)21(2)11-9-17-16-5-4-14-12-15(8-10-22(14,3)19(16)7-6-18(17)21)35-20(34)23(26,27)24(28,29)25(30,31)32/h4,12,16,19H,5-11H2,1-3H3/t16-,19-,21+,22-/m0/s1. The van der Waals surface area contributed by atoms with E-state index in [1.807, 2.05) is 19.9 Å². The zero-order valence-electron chi connectivity index (χ0n) is 19.6. The molecule has 10 heteroatoms. The summed E-state index contributed by atoms with van der Waals surface area (Å²) in [4.78, 5) is 24.0. The van der Waals surface area contributed by atoms with Gasteiger partial charge in [0, 0.05) is 11.8 Å². The fourth-order valence-corrected chi connectivity index (χ4v) is 6.54. The van der Waals surface area contributed by atoms with Gasteiger partial charge in [0.2, 0.25) is 0 Å². The zero-order valence-corrected chi connectivity index (χ0v) is 19.6. The summed E-state index contributed by atoms with van der Waals surface area (Å²) >= 11 is 0. The van der Waals surface area contributed by atoms with Crippen molar-refractivity contribution in [2.45, 2.75) is 83.7 Å². The number of alkyl halides is 7. The summed E-state index contributed by atoms with van der Waals surface area (Å²) in [6.07, 6.45) is 0.784. The number of hydrogen-bond donors (Lipinski definition) is 0. The maximum Gasteiger partial charge on any atom is 0.460 e. The average Bonchev–Trinajstić information content (AvgIpc) is 3.11. The van der Waals surface area contributed by atoms with E-state index in [4.69, 9.17) is 0 Å². The molecule has 0 aromatic carbocycles. The number of halogens is 7. The molecule has 35 heavy (non-hydrogen) atoms. The molecule has 4 atom stereocenters. The number of rotatable bonds is 4. The van der Waals surface area contributed by atoms with Gasteiger partial charge in [0.25, 0.3) is 0 Å². The monoisotopic (exact) mass is 508 g/mol. The van der Waals surface area contributed by atoms with Crippen LogP contribution >= 0.6 is 0 Å². The fourth-order valence-electron chi connectivity index (χ4n) is 6.54. The van der Waals surface area contributed by atoms with Crippen LogP contribution in [0.25, 0.3) is 0 Å². The van der Waals surface area contributed by atoms with Crippen LogP contribution in [0.4, 0.5) is 30.7 Å². The highest BCUT2D eigenvalue weighted by Crippen LogP contribution is 2.62. The van der Waals surface area contributed by atoms with Gasteiger partial charge >= 0.3 is 24.0 Å². The topological polar surface area (TPSA) is 43.4 Å². The van der Waals surface area contributed by atoms with E-state index in [2.05, 4.69) is 4.74 Å². The Hall–Kier alpha value is -2.13. The van der Waals surface area contributed by atoms with E-state index in [0.717, 1.165) is 25.7 Å².